The molecule has 2 amide bonds. The lowest BCUT2D eigenvalue weighted by Gasteiger charge is -2.14. The number of rotatable bonds is 7. The van der Waals surface area contributed by atoms with Crippen LogP contribution in [0.25, 0.3) is 0 Å². The molecule has 0 saturated carbocycles. The van der Waals surface area contributed by atoms with Gasteiger partial charge in [-0.1, -0.05) is 23.7 Å². The van der Waals surface area contributed by atoms with E-state index in [1.165, 1.54) is 4.90 Å². The van der Waals surface area contributed by atoms with Gasteiger partial charge in [0.1, 0.15) is 5.75 Å². The van der Waals surface area contributed by atoms with Crippen LogP contribution in [-0.4, -0.2) is 43.8 Å². The molecule has 2 aromatic carbocycles. The molecule has 2 N–H and O–H groups in total. The first-order valence-electron chi connectivity index (χ1n) is 8.26. The molecule has 0 bridgehead atoms. The van der Waals surface area contributed by atoms with Crippen molar-refractivity contribution in [2.45, 2.75) is 11.3 Å². The fraction of sp³-hybridized carbons (Fsp3) is 0.263. The third-order valence-corrected chi connectivity index (χ3v) is 4.90. The molecule has 0 fully saturated rings. The third-order valence-electron chi connectivity index (χ3n) is 3.55. The number of nitrogens with one attached hydrogen (secondary N) is 2. The van der Waals surface area contributed by atoms with Crippen LogP contribution in [0.3, 0.4) is 0 Å². The predicted molar refractivity (Wildman–Crippen MR) is 111 cm³/mol. The Balaban J connectivity index is 1.93. The maximum absolute atomic E-state index is 12.3. The first kappa shape index (κ1) is 20.9. The Morgan fingerprint density at radius 2 is 1.89 bits per heavy atom. The lowest BCUT2D eigenvalue weighted by molar-refractivity contribution is -0.116. The van der Waals surface area contributed by atoms with Crippen molar-refractivity contribution in [1.82, 2.24) is 4.90 Å². The van der Waals surface area contributed by atoms with Gasteiger partial charge in [0, 0.05) is 37.0 Å². The van der Waals surface area contributed by atoms with E-state index in [1.54, 1.807) is 51.5 Å². The Morgan fingerprint density at radius 3 is 2.59 bits per heavy atom. The molecule has 0 saturated heterocycles. The average molecular weight is 408 g/mol. The maximum Gasteiger partial charge on any atom is 0.286 e. The number of amides is 2. The van der Waals surface area contributed by atoms with Crippen molar-refractivity contribution < 1.29 is 14.3 Å². The van der Waals surface area contributed by atoms with Crippen molar-refractivity contribution in [2.75, 3.05) is 38.4 Å². The average Bonchev–Trinajstić information content (AvgIpc) is 2.63. The smallest absolute Gasteiger partial charge is 0.286 e. The number of benzene rings is 2. The highest BCUT2D eigenvalue weighted by molar-refractivity contribution is 8.13. The normalized spacial score (nSPS) is 10.2. The van der Waals surface area contributed by atoms with Crippen LogP contribution in [0.2, 0.25) is 5.02 Å². The Kier molecular flexibility index (Phi) is 7.82. The molecule has 2 aromatic rings. The highest BCUT2D eigenvalue weighted by atomic mass is 35.5. The number of carbonyl (C=O) groups is 2. The molecule has 0 heterocycles. The Hall–Kier alpha value is -2.38. The summed E-state index contributed by atoms with van der Waals surface area (Å²) in [5, 5.41) is 6.48. The number of halogens is 1. The van der Waals surface area contributed by atoms with E-state index in [0.29, 0.717) is 27.9 Å². The van der Waals surface area contributed by atoms with Gasteiger partial charge in [0.2, 0.25) is 5.91 Å². The van der Waals surface area contributed by atoms with Crippen LogP contribution in [0.15, 0.2) is 47.4 Å². The van der Waals surface area contributed by atoms with Gasteiger partial charge in [-0.05, 0) is 42.1 Å². The van der Waals surface area contributed by atoms with E-state index in [1.807, 2.05) is 12.1 Å². The zero-order chi connectivity index (χ0) is 19.8. The van der Waals surface area contributed by atoms with Crippen LogP contribution in [-0.2, 0) is 4.79 Å². The summed E-state index contributed by atoms with van der Waals surface area (Å²) in [6.07, 6.45) is 0.246. The zero-order valence-corrected chi connectivity index (χ0v) is 17.0. The minimum atomic E-state index is -0.158. The number of thioether (sulfide) groups is 1. The molecule has 2 rings (SSSR count). The summed E-state index contributed by atoms with van der Waals surface area (Å²) in [7, 11) is 4.95. The van der Waals surface area contributed by atoms with Crippen molar-refractivity contribution in [3.8, 4) is 5.75 Å². The van der Waals surface area contributed by atoms with E-state index in [0.717, 1.165) is 17.4 Å². The van der Waals surface area contributed by atoms with Gasteiger partial charge >= 0.3 is 0 Å². The monoisotopic (exact) mass is 407 g/mol. The number of hydrogen-bond acceptors (Lipinski definition) is 5. The molecular weight excluding hydrogens is 386 g/mol. The molecular formula is C19H22ClN3O3S. The van der Waals surface area contributed by atoms with Gasteiger partial charge in [0.25, 0.3) is 5.24 Å². The minimum absolute atomic E-state index is 0.105. The van der Waals surface area contributed by atoms with Crippen molar-refractivity contribution >= 4 is 45.9 Å². The molecule has 0 aliphatic carbocycles. The molecule has 144 valence electrons. The van der Waals surface area contributed by atoms with Gasteiger partial charge in [0.05, 0.1) is 18.5 Å². The van der Waals surface area contributed by atoms with Crippen LogP contribution in [0.1, 0.15) is 6.42 Å². The van der Waals surface area contributed by atoms with Crippen molar-refractivity contribution in [3.63, 3.8) is 0 Å². The highest BCUT2D eigenvalue weighted by Gasteiger charge is 2.12. The van der Waals surface area contributed by atoms with E-state index >= 15 is 0 Å². The summed E-state index contributed by atoms with van der Waals surface area (Å²) in [4.78, 5) is 26.4. The lowest BCUT2D eigenvalue weighted by Crippen LogP contribution is -2.18. The highest BCUT2D eigenvalue weighted by Crippen LogP contribution is 2.29. The summed E-state index contributed by atoms with van der Waals surface area (Å²) >= 11 is 7.07. The second-order valence-electron chi connectivity index (χ2n) is 5.83. The van der Waals surface area contributed by atoms with Crippen LogP contribution in [0.4, 0.5) is 16.2 Å². The number of carbonyl (C=O) groups excluding carboxylic acids is 2. The lowest BCUT2D eigenvalue weighted by atomic mass is 10.2. The fourth-order valence-electron chi connectivity index (χ4n) is 2.19. The summed E-state index contributed by atoms with van der Waals surface area (Å²) < 4.78 is 5.27. The standard InChI is InChI=1S/C19H22ClN3O3S/c1-23(2)19(25)27-17-7-5-4-6-14(17)22-18(24)10-11-21-15-12-13(20)8-9-16(15)26-3/h4-9,12,21H,10-11H2,1-3H3,(H,22,24). The summed E-state index contributed by atoms with van der Waals surface area (Å²) in [6, 6.07) is 12.5. The largest absolute Gasteiger partial charge is 0.495 e. The molecule has 0 radical (unpaired) electrons. The van der Waals surface area contributed by atoms with Crippen LogP contribution < -0.4 is 15.4 Å². The van der Waals surface area contributed by atoms with Crippen molar-refractivity contribution in [1.29, 1.82) is 0 Å². The number of methoxy groups -OCH3 is 1. The molecule has 0 aliphatic rings. The fourth-order valence-corrected chi connectivity index (χ4v) is 3.10. The van der Waals surface area contributed by atoms with E-state index in [-0.39, 0.29) is 17.6 Å². The van der Waals surface area contributed by atoms with E-state index < -0.39 is 0 Å². The number of para-hydroxylation sites is 1. The molecule has 0 aliphatic heterocycles. The maximum atomic E-state index is 12.3. The number of anilines is 2. The third kappa shape index (κ3) is 6.37. The SMILES string of the molecule is COc1ccc(Cl)cc1NCCC(=O)Nc1ccccc1SC(=O)N(C)C. The van der Waals surface area contributed by atoms with Crippen LogP contribution in [0.5, 0.6) is 5.75 Å². The van der Waals surface area contributed by atoms with Crippen molar-refractivity contribution in [3.05, 3.63) is 47.5 Å². The second kappa shape index (κ2) is 10.1. The molecule has 27 heavy (non-hydrogen) atoms. The van der Waals surface area contributed by atoms with Crippen molar-refractivity contribution in [2.24, 2.45) is 0 Å². The van der Waals surface area contributed by atoms with Gasteiger partial charge in [0.15, 0.2) is 0 Å². The number of nitrogens with zero attached hydrogens (tertiary/aromatic N) is 1. The quantitative estimate of drug-likeness (QED) is 0.658. The van der Waals surface area contributed by atoms with E-state index in [2.05, 4.69) is 10.6 Å². The first-order chi connectivity index (χ1) is 12.9. The Morgan fingerprint density at radius 1 is 1.15 bits per heavy atom. The van der Waals surface area contributed by atoms with Gasteiger partial charge in [-0.15, -0.1) is 0 Å². The van der Waals surface area contributed by atoms with E-state index in [4.69, 9.17) is 16.3 Å². The molecule has 0 spiro atoms. The number of hydrogen-bond donors (Lipinski definition) is 2. The Bertz CT molecular complexity index is 815. The first-order valence-corrected chi connectivity index (χ1v) is 9.45. The summed E-state index contributed by atoms with van der Waals surface area (Å²) in [5.41, 5.74) is 1.34. The van der Waals surface area contributed by atoms with Gasteiger partial charge in [-0.25, -0.2) is 0 Å². The molecule has 8 heteroatoms. The van der Waals surface area contributed by atoms with Gasteiger partial charge in [-0.2, -0.15) is 0 Å². The number of ether oxygens (including phenoxy) is 1. The molecule has 0 aromatic heterocycles. The van der Waals surface area contributed by atoms with Gasteiger partial charge < -0.3 is 20.3 Å². The molecule has 0 atom stereocenters. The molecule has 6 nitrogen and oxygen atoms in total. The van der Waals surface area contributed by atoms with Crippen LogP contribution >= 0.6 is 23.4 Å². The minimum Gasteiger partial charge on any atom is -0.495 e. The van der Waals surface area contributed by atoms with Gasteiger partial charge in [-0.3, -0.25) is 9.59 Å². The Labute approximate surface area is 168 Å². The predicted octanol–water partition coefficient (Wildman–Crippen LogP) is 4.56. The summed E-state index contributed by atoms with van der Waals surface area (Å²) in [6.45, 7) is 0.411. The topological polar surface area (TPSA) is 70.7 Å². The summed E-state index contributed by atoms with van der Waals surface area (Å²) in [5.74, 6) is 0.498. The second-order valence-corrected chi connectivity index (χ2v) is 7.26. The van der Waals surface area contributed by atoms with Crippen LogP contribution in [0, 0.1) is 0 Å². The zero-order valence-electron chi connectivity index (χ0n) is 15.4. The van der Waals surface area contributed by atoms with E-state index in [9.17, 15) is 9.59 Å². The molecule has 0 unspecified atom stereocenters.